The fourth-order valence-corrected chi connectivity index (χ4v) is 7.23. The van der Waals surface area contributed by atoms with Crippen molar-refractivity contribution < 1.29 is 45.2 Å². The summed E-state index contributed by atoms with van der Waals surface area (Å²) in [5.41, 5.74) is 5.49. The topological polar surface area (TPSA) is 160 Å². The van der Waals surface area contributed by atoms with Gasteiger partial charge in [0.25, 0.3) is 0 Å². The first-order valence-corrected chi connectivity index (χ1v) is 16.3. The lowest BCUT2D eigenvalue weighted by Crippen LogP contribution is -2.13. The number of rotatable bonds is 6. The van der Waals surface area contributed by atoms with Gasteiger partial charge >= 0.3 is 0 Å². The summed E-state index contributed by atoms with van der Waals surface area (Å²) in [6, 6.07) is 31.0. The number of phenolic OH excluding ortho intramolecular Hbond substituents is 7. The summed E-state index contributed by atoms with van der Waals surface area (Å²) in [4.78, 5) is 0. The Kier molecular flexibility index (Phi) is 7.60. The third-order valence-corrected chi connectivity index (χ3v) is 9.46. The van der Waals surface area contributed by atoms with Gasteiger partial charge in [-0.15, -0.1) is 0 Å². The molecule has 2 aliphatic heterocycles. The first-order valence-electron chi connectivity index (χ1n) is 16.3. The molecule has 254 valence electrons. The van der Waals surface area contributed by atoms with E-state index in [1.807, 2.05) is 18.2 Å². The molecule has 0 fully saturated rings. The quantitative estimate of drug-likeness (QED) is 0.0858. The monoisotopic (exact) mass is 680 g/mol. The summed E-state index contributed by atoms with van der Waals surface area (Å²) in [6.45, 7) is 0. The molecule has 9 heteroatoms. The van der Waals surface area contributed by atoms with E-state index in [1.54, 1.807) is 103 Å². The molecule has 2 aliphatic rings. The van der Waals surface area contributed by atoms with Crippen LogP contribution in [0.1, 0.15) is 68.6 Å². The minimum absolute atomic E-state index is 0.00471. The second kappa shape index (κ2) is 12.3. The van der Waals surface area contributed by atoms with E-state index < -0.39 is 24.0 Å². The molecule has 2 heterocycles. The zero-order chi connectivity index (χ0) is 35.4. The summed E-state index contributed by atoms with van der Waals surface area (Å²) >= 11 is 0. The van der Waals surface area contributed by atoms with E-state index in [0.717, 1.165) is 16.7 Å². The molecule has 51 heavy (non-hydrogen) atoms. The van der Waals surface area contributed by atoms with Crippen molar-refractivity contribution in [3.05, 3.63) is 160 Å². The van der Waals surface area contributed by atoms with Crippen molar-refractivity contribution >= 4 is 12.2 Å². The molecule has 0 amide bonds. The second-order valence-electron chi connectivity index (χ2n) is 12.8. The summed E-state index contributed by atoms with van der Waals surface area (Å²) < 4.78 is 13.0. The first kappa shape index (κ1) is 31.5. The van der Waals surface area contributed by atoms with Gasteiger partial charge in [-0.3, -0.25) is 0 Å². The van der Waals surface area contributed by atoms with Gasteiger partial charge in [0.1, 0.15) is 52.5 Å². The molecule has 6 aromatic rings. The van der Waals surface area contributed by atoms with Crippen LogP contribution in [0.15, 0.2) is 115 Å². The molecule has 0 saturated heterocycles. The fourth-order valence-electron chi connectivity index (χ4n) is 7.23. The van der Waals surface area contributed by atoms with E-state index in [-0.39, 0.29) is 46.0 Å². The maximum atomic E-state index is 11.7. The van der Waals surface area contributed by atoms with Crippen LogP contribution in [0.5, 0.6) is 51.7 Å². The molecular weight excluding hydrogens is 648 g/mol. The van der Waals surface area contributed by atoms with Gasteiger partial charge in [-0.2, -0.15) is 0 Å². The van der Waals surface area contributed by atoms with Gasteiger partial charge in [0.2, 0.25) is 0 Å². The van der Waals surface area contributed by atoms with E-state index in [4.69, 9.17) is 9.47 Å². The molecule has 0 aliphatic carbocycles. The highest BCUT2D eigenvalue weighted by Gasteiger charge is 2.43. The Morgan fingerprint density at radius 2 is 0.961 bits per heavy atom. The van der Waals surface area contributed by atoms with Crippen molar-refractivity contribution in [2.24, 2.45) is 0 Å². The predicted molar refractivity (Wildman–Crippen MR) is 190 cm³/mol. The first-order chi connectivity index (χ1) is 24.6. The smallest absolute Gasteiger partial charge is 0.165 e. The molecule has 0 saturated carbocycles. The Morgan fingerprint density at radius 3 is 1.57 bits per heavy atom. The highest BCUT2D eigenvalue weighted by atomic mass is 16.5. The SMILES string of the molecule is Oc1ccc(/C=C\c2cc(O)cc3c2[C@H](c2cc(O)c4c(c2)[C@@H](c2cc(O)cc(O)c2)[C@H](c2ccc(O)cc2)O4)[C@@H](c2ccc(O)cc2)O3)cc1. The normalized spacial score (nSPS) is 19.0. The van der Waals surface area contributed by atoms with Crippen molar-refractivity contribution in [1.82, 2.24) is 0 Å². The van der Waals surface area contributed by atoms with E-state index >= 15 is 0 Å². The van der Waals surface area contributed by atoms with E-state index in [2.05, 4.69) is 0 Å². The lowest BCUT2D eigenvalue weighted by Gasteiger charge is -2.23. The molecule has 0 bridgehead atoms. The Balaban J connectivity index is 1.32. The molecule has 9 nitrogen and oxygen atoms in total. The molecule has 6 aromatic carbocycles. The predicted octanol–water partition coefficient (Wildman–Crippen LogP) is 8.33. The minimum atomic E-state index is -0.691. The van der Waals surface area contributed by atoms with Crippen molar-refractivity contribution in [3.63, 3.8) is 0 Å². The largest absolute Gasteiger partial charge is 0.508 e. The van der Waals surface area contributed by atoms with Crippen LogP contribution in [-0.2, 0) is 0 Å². The summed E-state index contributed by atoms with van der Waals surface area (Å²) in [7, 11) is 0. The lowest BCUT2D eigenvalue weighted by atomic mass is 9.79. The van der Waals surface area contributed by atoms with Crippen LogP contribution >= 0.6 is 0 Å². The highest BCUT2D eigenvalue weighted by Crippen LogP contribution is 2.58. The average molecular weight is 681 g/mol. The van der Waals surface area contributed by atoms with E-state index in [0.29, 0.717) is 33.6 Å². The number of hydrogen-bond acceptors (Lipinski definition) is 9. The second-order valence-corrected chi connectivity index (χ2v) is 12.8. The summed E-state index contributed by atoms with van der Waals surface area (Å²) in [6.07, 6.45) is 2.39. The molecule has 0 unspecified atom stereocenters. The maximum Gasteiger partial charge on any atom is 0.165 e. The Morgan fingerprint density at radius 1 is 0.431 bits per heavy atom. The number of benzene rings is 6. The third-order valence-electron chi connectivity index (χ3n) is 9.46. The number of ether oxygens (including phenoxy) is 2. The van der Waals surface area contributed by atoms with Crippen LogP contribution in [0, 0.1) is 0 Å². The molecule has 0 radical (unpaired) electrons. The van der Waals surface area contributed by atoms with Crippen LogP contribution in [0.2, 0.25) is 0 Å². The molecule has 7 N–H and O–H groups in total. The summed E-state index contributed by atoms with van der Waals surface area (Å²) in [5, 5.41) is 73.3. The van der Waals surface area contributed by atoms with Crippen LogP contribution in [-0.4, -0.2) is 35.7 Å². The third kappa shape index (κ3) is 5.84. The Labute approximate surface area is 292 Å². The van der Waals surface area contributed by atoms with Crippen molar-refractivity contribution in [3.8, 4) is 51.7 Å². The van der Waals surface area contributed by atoms with Crippen molar-refractivity contribution in [1.29, 1.82) is 0 Å². The van der Waals surface area contributed by atoms with Gasteiger partial charge < -0.3 is 45.2 Å². The van der Waals surface area contributed by atoms with Crippen LogP contribution in [0.3, 0.4) is 0 Å². The zero-order valence-corrected chi connectivity index (χ0v) is 26.9. The van der Waals surface area contributed by atoms with E-state index in [1.165, 1.54) is 6.07 Å². The highest BCUT2D eigenvalue weighted by molar-refractivity contribution is 5.76. The molecule has 4 atom stereocenters. The number of hydrogen-bond donors (Lipinski definition) is 7. The lowest BCUT2D eigenvalue weighted by molar-refractivity contribution is 0.214. The molecule has 0 spiro atoms. The van der Waals surface area contributed by atoms with Gasteiger partial charge in [-0.1, -0.05) is 54.6 Å². The van der Waals surface area contributed by atoms with Crippen LogP contribution in [0.25, 0.3) is 12.2 Å². The van der Waals surface area contributed by atoms with Crippen LogP contribution < -0.4 is 9.47 Å². The Bertz CT molecular complexity index is 2270. The number of phenols is 7. The average Bonchev–Trinajstić information content (AvgIpc) is 3.68. The maximum absolute atomic E-state index is 11.7. The van der Waals surface area contributed by atoms with Gasteiger partial charge in [0.05, 0.1) is 11.8 Å². The van der Waals surface area contributed by atoms with Crippen molar-refractivity contribution in [2.45, 2.75) is 24.0 Å². The standard InChI is InChI=1S/C42H32O9/c43-28-9-2-22(3-10-28)1-4-25-15-33(48)21-36-38(25)39(41(50-36)24-7-13-30(45)14-8-24)27-18-34-37(26-16-31(46)20-32(47)17-26)40(51-42(34)35(49)19-27)23-5-11-29(44)12-6-23/h1-21,37,39-41,43-49H/b4-1-/t37-,39+,40+,41-/m1/s1. The molecule has 0 aromatic heterocycles. The fraction of sp³-hybridized carbons (Fsp3) is 0.0952. The summed E-state index contributed by atoms with van der Waals surface area (Å²) in [5.74, 6) is -0.564. The zero-order valence-electron chi connectivity index (χ0n) is 26.9. The van der Waals surface area contributed by atoms with Gasteiger partial charge in [0.15, 0.2) is 11.5 Å². The van der Waals surface area contributed by atoms with E-state index in [9.17, 15) is 35.7 Å². The number of fused-ring (bicyclic) bond motifs is 2. The molecule has 8 rings (SSSR count). The van der Waals surface area contributed by atoms with Gasteiger partial charge in [-0.05, 0) is 94.0 Å². The van der Waals surface area contributed by atoms with Gasteiger partial charge in [0, 0.05) is 23.3 Å². The number of aromatic hydroxyl groups is 7. The van der Waals surface area contributed by atoms with Gasteiger partial charge in [-0.25, -0.2) is 0 Å². The van der Waals surface area contributed by atoms with Crippen molar-refractivity contribution in [2.75, 3.05) is 0 Å². The van der Waals surface area contributed by atoms with Crippen LogP contribution in [0.4, 0.5) is 0 Å². The molecular formula is C42H32O9. The Hall–Kier alpha value is -6.74. The minimum Gasteiger partial charge on any atom is -0.508 e.